The van der Waals surface area contributed by atoms with E-state index in [1.165, 1.54) is 5.57 Å². The molecule has 0 aliphatic carbocycles. The number of hydrogen-bond acceptors (Lipinski definition) is 5. The molecule has 3 heterocycles. The number of aromatic nitrogens is 2. The van der Waals surface area contributed by atoms with Crippen molar-refractivity contribution < 1.29 is 4.79 Å². The molecule has 0 atom stereocenters. The van der Waals surface area contributed by atoms with Gasteiger partial charge in [-0.05, 0) is 60.0 Å². The Kier molecular flexibility index (Phi) is 6.50. The van der Waals surface area contributed by atoms with E-state index in [0.29, 0.717) is 13.1 Å². The van der Waals surface area contributed by atoms with Gasteiger partial charge in [0.05, 0.1) is 11.4 Å². The second-order valence-electron chi connectivity index (χ2n) is 8.18. The number of halogens is 1. The molecule has 8 heteroatoms. The minimum atomic E-state index is 0.0717. The highest BCUT2D eigenvalue weighted by Gasteiger charge is 2.20. The number of aromatic amines is 1. The number of carbonyl (C=O) groups excluding carboxylic acids is 1. The molecule has 0 unspecified atom stereocenters. The Labute approximate surface area is 211 Å². The molecule has 7 nitrogen and oxygen atoms in total. The Bertz CT molecular complexity index is 1360. The van der Waals surface area contributed by atoms with Gasteiger partial charge in [0.1, 0.15) is 5.65 Å². The maximum absolute atomic E-state index is 12.7. The molecule has 5 rings (SSSR count). The summed E-state index contributed by atoms with van der Waals surface area (Å²) in [5, 5.41) is 4.55. The van der Waals surface area contributed by atoms with Crippen molar-refractivity contribution in [3.05, 3.63) is 89.8 Å². The molecule has 0 bridgehead atoms. The van der Waals surface area contributed by atoms with Gasteiger partial charge < -0.3 is 20.6 Å². The van der Waals surface area contributed by atoms with Crippen molar-refractivity contribution in [1.82, 2.24) is 14.9 Å². The number of carbonyl (C=O) groups is 1. The lowest BCUT2D eigenvalue weighted by molar-refractivity contribution is 0.0773. The maximum Gasteiger partial charge on any atom is 0.254 e. The molecule has 0 saturated carbocycles. The fourth-order valence-electron chi connectivity index (χ4n) is 4.25. The molecule has 0 radical (unpaired) electrons. The summed E-state index contributed by atoms with van der Waals surface area (Å²) >= 11 is 2.33. The summed E-state index contributed by atoms with van der Waals surface area (Å²) in [6, 6.07) is 19.6. The number of rotatable bonds is 6. The van der Waals surface area contributed by atoms with Crippen LogP contribution in [0.5, 0.6) is 0 Å². The Morgan fingerprint density at radius 1 is 1.12 bits per heavy atom. The van der Waals surface area contributed by atoms with E-state index in [9.17, 15) is 4.79 Å². The molecule has 1 aliphatic heterocycles. The first kappa shape index (κ1) is 22.4. The second-order valence-corrected chi connectivity index (χ2v) is 8.94. The van der Waals surface area contributed by atoms with Gasteiger partial charge >= 0.3 is 0 Å². The molecule has 4 aromatic rings. The fraction of sp³-hybridized carbons (Fsp3) is 0.154. The monoisotopic (exact) mass is 564 g/mol. The molecule has 2 aromatic carbocycles. The van der Waals surface area contributed by atoms with E-state index in [1.54, 1.807) is 6.20 Å². The SMILES string of the molecule is NNc1ccc(Nc2ccnc3[nH]c(C4=CCN(C(=O)c5ccccc5)CC4)cc23)cc1CI. The zero-order valence-corrected chi connectivity index (χ0v) is 20.7. The average Bonchev–Trinajstić information content (AvgIpc) is 3.34. The quantitative estimate of drug-likeness (QED) is 0.108. The predicted octanol–water partition coefficient (Wildman–Crippen LogP) is 5.46. The zero-order valence-electron chi connectivity index (χ0n) is 18.5. The van der Waals surface area contributed by atoms with Crippen LogP contribution in [-0.4, -0.2) is 33.9 Å². The zero-order chi connectivity index (χ0) is 23.5. The Morgan fingerprint density at radius 3 is 2.71 bits per heavy atom. The van der Waals surface area contributed by atoms with Gasteiger partial charge in [0.25, 0.3) is 5.91 Å². The normalized spacial score (nSPS) is 13.6. The Hall–Kier alpha value is -3.37. The topological polar surface area (TPSA) is 99.1 Å². The molecule has 172 valence electrons. The van der Waals surface area contributed by atoms with Crippen molar-refractivity contribution in [3.63, 3.8) is 0 Å². The van der Waals surface area contributed by atoms with Gasteiger partial charge in [-0.1, -0.05) is 46.9 Å². The summed E-state index contributed by atoms with van der Waals surface area (Å²) < 4.78 is 0.852. The van der Waals surface area contributed by atoms with Crippen LogP contribution in [0, 0.1) is 0 Å². The largest absolute Gasteiger partial charge is 0.355 e. The van der Waals surface area contributed by atoms with Crippen LogP contribution >= 0.6 is 22.6 Å². The van der Waals surface area contributed by atoms with Gasteiger partial charge in [-0.3, -0.25) is 10.6 Å². The molecule has 1 amide bonds. The highest BCUT2D eigenvalue weighted by molar-refractivity contribution is 14.1. The van der Waals surface area contributed by atoms with Crippen molar-refractivity contribution >= 4 is 62.2 Å². The number of anilines is 3. The Balaban J connectivity index is 1.37. The van der Waals surface area contributed by atoms with E-state index in [-0.39, 0.29) is 5.91 Å². The third-order valence-electron chi connectivity index (χ3n) is 6.08. The number of hydrogen-bond donors (Lipinski definition) is 4. The molecule has 0 fully saturated rings. The smallest absolute Gasteiger partial charge is 0.254 e. The van der Waals surface area contributed by atoms with Crippen LogP contribution in [0.4, 0.5) is 17.1 Å². The average molecular weight is 564 g/mol. The fourth-order valence-corrected chi connectivity index (χ4v) is 4.88. The van der Waals surface area contributed by atoms with Crippen LogP contribution in [0.1, 0.15) is 28.0 Å². The lowest BCUT2D eigenvalue weighted by Crippen LogP contribution is -2.34. The number of hydrazine groups is 1. The lowest BCUT2D eigenvalue weighted by atomic mass is 10.0. The highest BCUT2D eigenvalue weighted by atomic mass is 127. The van der Waals surface area contributed by atoms with Gasteiger partial charge in [-0.15, -0.1) is 0 Å². The predicted molar refractivity (Wildman–Crippen MR) is 146 cm³/mol. The number of amides is 1. The highest BCUT2D eigenvalue weighted by Crippen LogP contribution is 2.31. The van der Waals surface area contributed by atoms with Gasteiger partial charge in [0, 0.05) is 46.0 Å². The molecule has 5 N–H and O–H groups in total. The first-order valence-corrected chi connectivity index (χ1v) is 12.6. The van der Waals surface area contributed by atoms with Crippen molar-refractivity contribution in [2.75, 3.05) is 23.8 Å². The Morgan fingerprint density at radius 2 is 1.97 bits per heavy atom. The molecule has 0 spiro atoms. The number of alkyl halides is 1. The van der Waals surface area contributed by atoms with E-state index in [1.807, 2.05) is 53.4 Å². The van der Waals surface area contributed by atoms with Crippen LogP contribution in [0.2, 0.25) is 0 Å². The van der Waals surface area contributed by atoms with Crippen LogP contribution in [-0.2, 0) is 4.43 Å². The second kappa shape index (κ2) is 9.86. The van der Waals surface area contributed by atoms with Gasteiger partial charge in [0.2, 0.25) is 0 Å². The number of fused-ring (bicyclic) bond motifs is 1. The van der Waals surface area contributed by atoms with E-state index < -0.39 is 0 Å². The molecule has 34 heavy (non-hydrogen) atoms. The van der Waals surface area contributed by atoms with Crippen LogP contribution < -0.4 is 16.6 Å². The van der Waals surface area contributed by atoms with Crippen molar-refractivity contribution in [2.45, 2.75) is 10.8 Å². The lowest BCUT2D eigenvalue weighted by Gasteiger charge is -2.26. The van der Waals surface area contributed by atoms with Gasteiger partial charge in [-0.25, -0.2) is 4.98 Å². The number of benzene rings is 2. The van der Waals surface area contributed by atoms with Crippen LogP contribution in [0.3, 0.4) is 0 Å². The van der Waals surface area contributed by atoms with Gasteiger partial charge in [0.15, 0.2) is 0 Å². The number of H-pyrrole nitrogens is 1. The van der Waals surface area contributed by atoms with Gasteiger partial charge in [-0.2, -0.15) is 0 Å². The number of pyridine rings is 1. The van der Waals surface area contributed by atoms with Crippen LogP contribution in [0.25, 0.3) is 16.6 Å². The number of nitrogens with one attached hydrogen (secondary N) is 3. The molecule has 2 aromatic heterocycles. The van der Waals surface area contributed by atoms with E-state index in [4.69, 9.17) is 5.84 Å². The number of nitrogens with two attached hydrogens (primary N) is 1. The van der Waals surface area contributed by atoms with E-state index >= 15 is 0 Å². The minimum Gasteiger partial charge on any atom is -0.355 e. The molecule has 0 saturated heterocycles. The summed E-state index contributed by atoms with van der Waals surface area (Å²) in [6.45, 7) is 1.28. The summed E-state index contributed by atoms with van der Waals surface area (Å²) in [5.41, 5.74) is 10.6. The standard InChI is InChI=1S/C26H25IN6O/c27-16-19-14-20(6-7-22(19)32-28)30-23-8-11-29-25-21(23)15-24(31-25)17-9-12-33(13-10-17)26(34)18-4-2-1-3-5-18/h1-9,11,14-15,32H,10,12-13,16,28H2,(H2,29,30,31). The summed E-state index contributed by atoms with van der Waals surface area (Å²) in [4.78, 5) is 22.6. The minimum absolute atomic E-state index is 0.0717. The summed E-state index contributed by atoms with van der Waals surface area (Å²) in [6.07, 6.45) is 4.73. The first-order valence-electron chi connectivity index (χ1n) is 11.1. The van der Waals surface area contributed by atoms with Crippen molar-refractivity contribution in [1.29, 1.82) is 0 Å². The van der Waals surface area contributed by atoms with E-state index in [0.717, 1.165) is 55.8 Å². The van der Waals surface area contributed by atoms with Crippen LogP contribution in [0.15, 0.2) is 72.9 Å². The molecular formula is C26H25IN6O. The molecule has 1 aliphatic rings. The third kappa shape index (κ3) is 4.51. The van der Waals surface area contributed by atoms with E-state index in [2.05, 4.69) is 61.5 Å². The third-order valence-corrected chi connectivity index (χ3v) is 6.90. The van der Waals surface area contributed by atoms with Crippen molar-refractivity contribution in [2.24, 2.45) is 5.84 Å². The van der Waals surface area contributed by atoms with Crippen molar-refractivity contribution in [3.8, 4) is 0 Å². The number of nitrogens with zero attached hydrogens (tertiary/aromatic N) is 2. The maximum atomic E-state index is 12.7. The number of nitrogen functional groups attached to an aromatic ring is 1. The summed E-state index contributed by atoms with van der Waals surface area (Å²) in [7, 11) is 0. The first-order chi connectivity index (χ1) is 16.7. The summed E-state index contributed by atoms with van der Waals surface area (Å²) in [5.74, 6) is 5.69. The molecular weight excluding hydrogens is 539 g/mol.